The Morgan fingerprint density at radius 1 is 1.59 bits per heavy atom. The molecular weight excluding hydrogens is 234 g/mol. The third-order valence-corrected chi connectivity index (χ3v) is 4.27. The lowest BCUT2D eigenvalue weighted by atomic mass is 9.87. The number of nitrogens with one attached hydrogen (secondary N) is 1. The van der Waals surface area contributed by atoms with Crippen LogP contribution in [0, 0.1) is 5.41 Å². The van der Waals surface area contributed by atoms with E-state index in [9.17, 15) is 4.79 Å². The van der Waals surface area contributed by atoms with Gasteiger partial charge in [-0.15, -0.1) is 11.3 Å². The minimum absolute atomic E-state index is 0.00995. The van der Waals surface area contributed by atoms with Crippen molar-refractivity contribution in [3.63, 3.8) is 0 Å². The first kappa shape index (κ1) is 14.1. The van der Waals surface area contributed by atoms with Gasteiger partial charge in [-0.3, -0.25) is 4.79 Å². The highest BCUT2D eigenvalue weighted by molar-refractivity contribution is 7.11. The van der Waals surface area contributed by atoms with Gasteiger partial charge in [0.1, 0.15) is 5.01 Å². The standard InChI is InChI=1S/C12H21N3OS/c1-4-9-6-14-10(17-9)7-15-11(16)12(3,5-2)8-13/h6H,4-5,7-8,13H2,1-3H3,(H,15,16). The van der Waals surface area contributed by atoms with Gasteiger partial charge in [0, 0.05) is 17.6 Å². The van der Waals surface area contributed by atoms with Gasteiger partial charge >= 0.3 is 0 Å². The van der Waals surface area contributed by atoms with Gasteiger partial charge in [0.2, 0.25) is 5.91 Å². The molecule has 1 unspecified atom stereocenters. The summed E-state index contributed by atoms with van der Waals surface area (Å²) in [5.41, 5.74) is 5.17. The molecule has 0 bridgehead atoms. The van der Waals surface area contributed by atoms with Gasteiger partial charge in [-0.25, -0.2) is 4.98 Å². The number of aryl methyl sites for hydroxylation is 1. The first-order valence-corrected chi connectivity index (χ1v) is 6.79. The van der Waals surface area contributed by atoms with Gasteiger partial charge < -0.3 is 11.1 Å². The van der Waals surface area contributed by atoms with Crippen LogP contribution in [0.5, 0.6) is 0 Å². The monoisotopic (exact) mass is 255 g/mol. The largest absolute Gasteiger partial charge is 0.349 e. The van der Waals surface area contributed by atoms with E-state index in [0.29, 0.717) is 13.1 Å². The molecule has 0 aliphatic rings. The fourth-order valence-electron chi connectivity index (χ4n) is 1.36. The van der Waals surface area contributed by atoms with Gasteiger partial charge in [0.15, 0.2) is 0 Å². The Balaban J connectivity index is 2.53. The van der Waals surface area contributed by atoms with Crippen LogP contribution in [-0.4, -0.2) is 17.4 Å². The maximum atomic E-state index is 12.0. The Bertz CT molecular complexity index is 372. The molecule has 96 valence electrons. The molecule has 0 radical (unpaired) electrons. The van der Waals surface area contributed by atoms with Crippen molar-refractivity contribution in [1.82, 2.24) is 10.3 Å². The summed E-state index contributed by atoms with van der Waals surface area (Å²) in [5, 5.41) is 3.86. The van der Waals surface area contributed by atoms with Gasteiger partial charge in [-0.05, 0) is 19.8 Å². The molecule has 0 fully saturated rings. The van der Waals surface area contributed by atoms with E-state index in [2.05, 4.69) is 17.2 Å². The normalized spacial score (nSPS) is 14.4. The number of hydrogen-bond acceptors (Lipinski definition) is 4. The van der Waals surface area contributed by atoms with E-state index in [1.54, 1.807) is 11.3 Å². The van der Waals surface area contributed by atoms with Crippen molar-refractivity contribution in [1.29, 1.82) is 0 Å². The van der Waals surface area contributed by atoms with Crippen molar-refractivity contribution < 1.29 is 4.79 Å². The Kier molecular flexibility index (Phi) is 5.08. The second kappa shape index (κ2) is 6.12. The number of rotatable bonds is 6. The highest BCUT2D eigenvalue weighted by Crippen LogP contribution is 2.20. The minimum Gasteiger partial charge on any atom is -0.349 e. The first-order valence-electron chi connectivity index (χ1n) is 5.97. The summed E-state index contributed by atoms with van der Waals surface area (Å²) in [6.07, 6.45) is 3.60. The van der Waals surface area contributed by atoms with E-state index in [0.717, 1.165) is 17.8 Å². The van der Waals surface area contributed by atoms with Crippen LogP contribution in [0.25, 0.3) is 0 Å². The summed E-state index contributed by atoms with van der Waals surface area (Å²) in [6, 6.07) is 0. The predicted molar refractivity (Wildman–Crippen MR) is 70.8 cm³/mol. The third-order valence-electron chi connectivity index (χ3n) is 3.13. The predicted octanol–water partition coefficient (Wildman–Crippen LogP) is 1.70. The minimum atomic E-state index is -0.467. The number of amides is 1. The summed E-state index contributed by atoms with van der Waals surface area (Å²) in [5.74, 6) is 0.00995. The van der Waals surface area contributed by atoms with Crippen LogP contribution in [0.1, 0.15) is 37.1 Å². The zero-order chi connectivity index (χ0) is 12.9. The molecule has 1 aromatic rings. The van der Waals surface area contributed by atoms with Crippen molar-refractivity contribution in [3.05, 3.63) is 16.1 Å². The lowest BCUT2D eigenvalue weighted by Crippen LogP contribution is -2.43. The molecular formula is C12H21N3OS. The maximum Gasteiger partial charge on any atom is 0.227 e. The average molecular weight is 255 g/mol. The Labute approximate surface area is 107 Å². The topological polar surface area (TPSA) is 68.0 Å². The molecule has 1 amide bonds. The van der Waals surface area contributed by atoms with Gasteiger partial charge in [0.05, 0.1) is 12.0 Å². The van der Waals surface area contributed by atoms with E-state index in [1.165, 1.54) is 4.88 Å². The van der Waals surface area contributed by atoms with Gasteiger partial charge in [-0.2, -0.15) is 0 Å². The molecule has 17 heavy (non-hydrogen) atoms. The van der Waals surface area contributed by atoms with Crippen molar-refractivity contribution in [2.24, 2.45) is 11.1 Å². The molecule has 0 spiro atoms. The van der Waals surface area contributed by atoms with Crippen LogP contribution in [-0.2, 0) is 17.8 Å². The molecule has 3 N–H and O–H groups in total. The number of thiazole rings is 1. The van der Waals surface area contributed by atoms with Crippen LogP contribution in [0.2, 0.25) is 0 Å². The van der Waals surface area contributed by atoms with Gasteiger partial charge in [-0.1, -0.05) is 13.8 Å². The lowest BCUT2D eigenvalue weighted by molar-refractivity contribution is -0.130. The summed E-state index contributed by atoms with van der Waals surface area (Å²) in [4.78, 5) is 17.5. The molecule has 1 atom stereocenters. The zero-order valence-corrected chi connectivity index (χ0v) is 11.6. The molecule has 0 aliphatic carbocycles. The van der Waals surface area contributed by atoms with Crippen LogP contribution < -0.4 is 11.1 Å². The van der Waals surface area contributed by atoms with E-state index >= 15 is 0 Å². The Morgan fingerprint density at radius 2 is 2.29 bits per heavy atom. The first-order chi connectivity index (χ1) is 8.05. The third kappa shape index (κ3) is 3.51. The maximum absolute atomic E-state index is 12.0. The highest BCUT2D eigenvalue weighted by atomic mass is 32.1. The molecule has 1 rings (SSSR count). The molecule has 1 heterocycles. The van der Waals surface area contributed by atoms with E-state index in [-0.39, 0.29) is 5.91 Å². The second-order valence-electron chi connectivity index (χ2n) is 4.37. The van der Waals surface area contributed by atoms with Gasteiger partial charge in [0.25, 0.3) is 0 Å². The Morgan fingerprint density at radius 3 is 2.76 bits per heavy atom. The van der Waals surface area contributed by atoms with Crippen molar-refractivity contribution in [2.75, 3.05) is 6.54 Å². The van der Waals surface area contributed by atoms with Crippen molar-refractivity contribution in [2.45, 2.75) is 40.2 Å². The molecule has 1 aromatic heterocycles. The fraction of sp³-hybridized carbons (Fsp3) is 0.667. The lowest BCUT2D eigenvalue weighted by Gasteiger charge is -2.24. The SMILES string of the molecule is CCc1cnc(CNC(=O)C(C)(CC)CN)s1. The van der Waals surface area contributed by atoms with Crippen LogP contribution in [0.15, 0.2) is 6.20 Å². The molecule has 0 aromatic carbocycles. The summed E-state index contributed by atoms with van der Waals surface area (Å²) < 4.78 is 0. The molecule has 0 saturated heterocycles. The Hall–Kier alpha value is -0.940. The van der Waals surface area contributed by atoms with Crippen molar-refractivity contribution >= 4 is 17.2 Å². The summed E-state index contributed by atoms with van der Waals surface area (Å²) in [6.45, 7) is 6.83. The van der Waals surface area contributed by atoms with Crippen LogP contribution in [0.4, 0.5) is 0 Å². The number of nitrogens with zero attached hydrogens (tertiary/aromatic N) is 1. The number of carbonyl (C=O) groups is 1. The van der Waals surface area contributed by atoms with Crippen LogP contribution >= 0.6 is 11.3 Å². The molecule has 5 heteroatoms. The van der Waals surface area contributed by atoms with Crippen molar-refractivity contribution in [3.8, 4) is 0 Å². The zero-order valence-electron chi connectivity index (χ0n) is 10.7. The van der Waals surface area contributed by atoms with E-state index in [1.807, 2.05) is 20.0 Å². The summed E-state index contributed by atoms with van der Waals surface area (Å²) in [7, 11) is 0. The number of carbonyl (C=O) groups excluding carboxylic acids is 1. The average Bonchev–Trinajstić information content (AvgIpc) is 2.82. The molecule has 4 nitrogen and oxygen atoms in total. The number of nitrogens with two attached hydrogens (primary N) is 1. The molecule has 0 aliphatic heterocycles. The second-order valence-corrected chi connectivity index (χ2v) is 5.57. The fourth-order valence-corrected chi connectivity index (χ4v) is 2.16. The smallest absolute Gasteiger partial charge is 0.227 e. The number of aromatic nitrogens is 1. The highest BCUT2D eigenvalue weighted by Gasteiger charge is 2.29. The van der Waals surface area contributed by atoms with Crippen LogP contribution in [0.3, 0.4) is 0 Å². The summed E-state index contributed by atoms with van der Waals surface area (Å²) >= 11 is 1.64. The van der Waals surface area contributed by atoms with E-state index < -0.39 is 5.41 Å². The number of hydrogen-bond donors (Lipinski definition) is 2. The molecule has 0 saturated carbocycles. The van der Waals surface area contributed by atoms with E-state index in [4.69, 9.17) is 5.73 Å². The quantitative estimate of drug-likeness (QED) is 0.813.